The van der Waals surface area contributed by atoms with Crippen LogP contribution in [0.15, 0.2) is 23.8 Å². The maximum Gasteiger partial charge on any atom is 0.412 e. The first-order valence-corrected chi connectivity index (χ1v) is 15.3. The van der Waals surface area contributed by atoms with Gasteiger partial charge in [0.2, 0.25) is 0 Å². The average Bonchev–Trinajstić information content (AvgIpc) is 3.12. The van der Waals surface area contributed by atoms with Gasteiger partial charge in [-0.25, -0.2) is 4.79 Å². The quantitative estimate of drug-likeness (QED) is 0.157. The Labute approximate surface area is 249 Å². The number of allylic oxidation sites excluding steroid dienone is 2. The van der Waals surface area contributed by atoms with Crippen LogP contribution >= 0.6 is 0 Å². The van der Waals surface area contributed by atoms with Gasteiger partial charge in [0, 0.05) is 33.4 Å². The number of methoxy groups -OCH3 is 2. The maximum absolute atomic E-state index is 13.4. The van der Waals surface area contributed by atoms with Gasteiger partial charge >= 0.3 is 6.09 Å². The first-order chi connectivity index (χ1) is 19.1. The highest BCUT2D eigenvalue weighted by molar-refractivity contribution is 5.70. The number of amides is 1. The maximum atomic E-state index is 13.4. The summed E-state index contributed by atoms with van der Waals surface area (Å²) in [5.41, 5.74) is -0.817. The Bertz CT molecular complexity index is 904. The van der Waals surface area contributed by atoms with E-state index in [1.165, 1.54) is 5.57 Å². The summed E-state index contributed by atoms with van der Waals surface area (Å²) >= 11 is 0. The number of rotatable bonds is 15. The van der Waals surface area contributed by atoms with Crippen molar-refractivity contribution in [3.8, 4) is 0 Å². The number of aldehydes is 1. The molecule has 1 fully saturated rings. The number of hydrogen-bond donors (Lipinski definition) is 0. The van der Waals surface area contributed by atoms with Crippen molar-refractivity contribution in [2.45, 2.75) is 130 Å². The van der Waals surface area contributed by atoms with Crippen molar-refractivity contribution in [1.82, 2.24) is 4.90 Å². The van der Waals surface area contributed by atoms with Crippen LogP contribution in [0.25, 0.3) is 0 Å². The Morgan fingerprint density at radius 2 is 1.80 bits per heavy atom. The predicted octanol–water partition coefficient (Wildman–Crippen LogP) is 6.72. The molecule has 2 rings (SSSR count). The van der Waals surface area contributed by atoms with Crippen molar-refractivity contribution < 1.29 is 33.3 Å². The standard InChI is InChI=1S/C33H57NO7/c1-23(2)26(22-35)21-28-27(34(32(8,9)40-28)30(36)41-31(5,6)7)15-12-14-25-16-17-33(38-11,24(3)4)29(20-25)39-19-13-18-37-10/h16-17,20,22-24,26-29H,12-15,18-19,21H2,1-11H3/t26-,27+,28+,29?,33-/m1/s1. The molecule has 1 aliphatic carbocycles. The fourth-order valence-corrected chi connectivity index (χ4v) is 5.94. The van der Waals surface area contributed by atoms with Crippen LogP contribution in [0.1, 0.15) is 94.4 Å². The second-order valence-electron chi connectivity index (χ2n) is 13.6. The van der Waals surface area contributed by atoms with E-state index in [1.807, 2.05) is 48.5 Å². The van der Waals surface area contributed by atoms with Crippen molar-refractivity contribution in [2.24, 2.45) is 17.8 Å². The zero-order valence-corrected chi connectivity index (χ0v) is 27.5. The summed E-state index contributed by atoms with van der Waals surface area (Å²) in [6, 6.07) is -0.205. The number of carbonyl (C=O) groups excluding carboxylic acids is 2. The van der Waals surface area contributed by atoms with Crippen LogP contribution < -0.4 is 0 Å². The molecule has 0 N–H and O–H groups in total. The number of carbonyl (C=O) groups is 2. The third-order valence-corrected chi connectivity index (χ3v) is 8.29. The van der Waals surface area contributed by atoms with Crippen molar-refractivity contribution in [1.29, 1.82) is 0 Å². The molecule has 0 aromatic carbocycles. The van der Waals surface area contributed by atoms with Crippen LogP contribution in [0.4, 0.5) is 4.79 Å². The zero-order valence-electron chi connectivity index (χ0n) is 27.5. The molecule has 1 heterocycles. The third-order valence-electron chi connectivity index (χ3n) is 8.29. The Morgan fingerprint density at radius 3 is 2.34 bits per heavy atom. The molecule has 41 heavy (non-hydrogen) atoms. The summed E-state index contributed by atoms with van der Waals surface area (Å²) in [6.07, 6.45) is 10.4. The SMILES string of the molecule is COCCCOC1C=C(CCC[C@H]2[C@H](C[C@H](C=O)C(C)C)OC(C)(C)N2C(=O)OC(C)(C)C)C=C[C@@]1(OC)C(C)C. The zero-order chi connectivity index (χ0) is 31.0. The summed E-state index contributed by atoms with van der Waals surface area (Å²) in [5.74, 6) is 0.271. The van der Waals surface area contributed by atoms with E-state index in [2.05, 4.69) is 32.1 Å². The Kier molecular flexibility index (Phi) is 13.1. The van der Waals surface area contributed by atoms with E-state index in [0.29, 0.717) is 19.6 Å². The van der Waals surface area contributed by atoms with Gasteiger partial charge in [-0.1, -0.05) is 33.8 Å². The predicted molar refractivity (Wildman–Crippen MR) is 162 cm³/mol. The van der Waals surface area contributed by atoms with E-state index in [1.54, 1.807) is 19.1 Å². The first-order valence-electron chi connectivity index (χ1n) is 15.3. The molecule has 0 radical (unpaired) electrons. The third kappa shape index (κ3) is 9.37. The second-order valence-corrected chi connectivity index (χ2v) is 13.6. The van der Waals surface area contributed by atoms with Gasteiger partial charge in [0.15, 0.2) is 0 Å². The van der Waals surface area contributed by atoms with E-state index in [9.17, 15) is 9.59 Å². The van der Waals surface area contributed by atoms with E-state index < -0.39 is 16.9 Å². The molecule has 0 aromatic heterocycles. The minimum Gasteiger partial charge on any atom is -0.444 e. The minimum atomic E-state index is -0.845. The smallest absolute Gasteiger partial charge is 0.412 e. The fourth-order valence-electron chi connectivity index (χ4n) is 5.94. The van der Waals surface area contributed by atoms with Crippen LogP contribution in [0.2, 0.25) is 0 Å². The summed E-state index contributed by atoms with van der Waals surface area (Å²) in [6.45, 7) is 19.1. The number of hydrogen-bond acceptors (Lipinski definition) is 7. The lowest BCUT2D eigenvalue weighted by Gasteiger charge is -2.41. The molecule has 0 bridgehead atoms. The van der Waals surface area contributed by atoms with Gasteiger partial charge in [-0.2, -0.15) is 0 Å². The van der Waals surface area contributed by atoms with Gasteiger partial charge in [0.1, 0.15) is 29.3 Å². The molecule has 0 aromatic rings. The van der Waals surface area contributed by atoms with Crippen LogP contribution in [0, 0.1) is 17.8 Å². The lowest BCUT2D eigenvalue weighted by molar-refractivity contribution is -0.115. The lowest BCUT2D eigenvalue weighted by Crippen LogP contribution is -2.50. The molecule has 8 heteroatoms. The highest BCUT2D eigenvalue weighted by atomic mass is 16.6. The molecule has 1 aliphatic heterocycles. The summed E-state index contributed by atoms with van der Waals surface area (Å²) in [5, 5.41) is 0. The summed E-state index contributed by atoms with van der Waals surface area (Å²) < 4.78 is 29.8. The molecule has 1 amide bonds. The topological polar surface area (TPSA) is 83.5 Å². The highest BCUT2D eigenvalue weighted by Gasteiger charge is 2.51. The minimum absolute atomic E-state index is 0.143. The van der Waals surface area contributed by atoms with Gasteiger partial charge in [-0.3, -0.25) is 4.90 Å². The average molecular weight is 580 g/mol. The molecule has 1 unspecified atom stereocenters. The van der Waals surface area contributed by atoms with Crippen LogP contribution in [0.3, 0.4) is 0 Å². The van der Waals surface area contributed by atoms with Crippen LogP contribution in [-0.4, -0.2) is 79.9 Å². The summed E-state index contributed by atoms with van der Waals surface area (Å²) in [4.78, 5) is 27.1. The van der Waals surface area contributed by atoms with Crippen molar-refractivity contribution >= 4 is 12.4 Å². The molecular formula is C33H57NO7. The molecule has 5 atom stereocenters. The van der Waals surface area contributed by atoms with Gasteiger partial charge < -0.3 is 28.5 Å². The molecule has 8 nitrogen and oxygen atoms in total. The molecular weight excluding hydrogens is 522 g/mol. The van der Waals surface area contributed by atoms with Crippen molar-refractivity contribution in [2.75, 3.05) is 27.4 Å². The van der Waals surface area contributed by atoms with E-state index >= 15 is 0 Å². The molecule has 1 saturated heterocycles. The Balaban J connectivity index is 2.25. The molecule has 2 aliphatic rings. The molecule has 0 spiro atoms. The highest BCUT2D eigenvalue weighted by Crippen LogP contribution is 2.40. The van der Waals surface area contributed by atoms with Gasteiger partial charge in [0.05, 0.1) is 12.1 Å². The Morgan fingerprint density at radius 1 is 1.12 bits per heavy atom. The van der Waals surface area contributed by atoms with Crippen LogP contribution in [0.5, 0.6) is 0 Å². The van der Waals surface area contributed by atoms with Gasteiger partial charge in [-0.15, -0.1) is 0 Å². The van der Waals surface area contributed by atoms with Crippen LogP contribution in [-0.2, 0) is 28.5 Å². The van der Waals surface area contributed by atoms with E-state index in [-0.39, 0.29) is 42.1 Å². The van der Waals surface area contributed by atoms with E-state index in [0.717, 1.165) is 32.0 Å². The summed E-state index contributed by atoms with van der Waals surface area (Å²) in [7, 11) is 3.44. The molecule has 0 saturated carbocycles. The first kappa shape index (κ1) is 35.5. The van der Waals surface area contributed by atoms with Gasteiger partial charge in [0.25, 0.3) is 0 Å². The number of ether oxygens (including phenoxy) is 5. The van der Waals surface area contributed by atoms with E-state index in [4.69, 9.17) is 23.7 Å². The number of nitrogens with zero attached hydrogens (tertiary/aromatic N) is 1. The van der Waals surface area contributed by atoms with Crippen molar-refractivity contribution in [3.63, 3.8) is 0 Å². The monoisotopic (exact) mass is 579 g/mol. The fraction of sp³-hybridized carbons (Fsp3) is 0.818. The largest absolute Gasteiger partial charge is 0.444 e. The van der Waals surface area contributed by atoms with Gasteiger partial charge in [-0.05, 0) is 96.3 Å². The lowest BCUT2D eigenvalue weighted by atomic mass is 9.79. The normalized spacial score (nSPS) is 26.9. The Hall–Kier alpha value is -1.74. The molecule has 236 valence electrons. The van der Waals surface area contributed by atoms with Crippen molar-refractivity contribution in [3.05, 3.63) is 23.8 Å². The second kappa shape index (κ2) is 15.1.